The van der Waals surface area contributed by atoms with Crippen LogP contribution in [0, 0.1) is 0 Å². The summed E-state index contributed by atoms with van der Waals surface area (Å²) in [5.74, 6) is -0.321. The zero-order valence-electron chi connectivity index (χ0n) is 48.6. The molecule has 0 radical (unpaired) electrons. The fourth-order valence-corrected chi connectivity index (χ4v) is 10.2. The van der Waals surface area contributed by atoms with Gasteiger partial charge in [0.05, 0.1) is 31.3 Å². The first kappa shape index (κ1) is 70.3. The Hall–Kier alpha value is -1.69. The Labute approximate surface area is 450 Å². The quantitative estimate of drug-likeness (QED) is 0.0361. The van der Waals surface area contributed by atoms with Crippen LogP contribution in [0.5, 0.6) is 0 Å². The van der Waals surface area contributed by atoms with Crippen molar-refractivity contribution < 1.29 is 20.1 Å². The summed E-state index contributed by atoms with van der Waals surface area (Å²) in [6, 6.07) is -0.763. The third kappa shape index (κ3) is 57.6. The van der Waals surface area contributed by atoms with Crippen LogP contribution in [-0.2, 0) is 4.79 Å². The smallest absolute Gasteiger partial charge is 0.222 e. The van der Waals surface area contributed by atoms with Gasteiger partial charge in [0.25, 0.3) is 0 Å². The molecule has 424 valence electrons. The predicted molar refractivity (Wildman–Crippen MR) is 319 cm³/mol. The van der Waals surface area contributed by atoms with Crippen molar-refractivity contribution in [3.8, 4) is 0 Å². The van der Waals surface area contributed by atoms with E-state index in [0.717, 1.165) is 38.5 Å². The Balaban J connectivity index is 3.55. The van der Waals surface area contributed by atoms with Gasteiger partial charge in [-0.1, -0.05) is 326 Å². The minimum Gasteiger partial charge on any atom is -0.394 e. The van der Waals surface area contributed by atoms with E-state index in [1.807, 2.05) is 6.08 Å². The largest absolute Gasteiger partial charge is 0.394 e. The van der Waals surface area contributed by atoms with E-state index in [1.54, 1.807) is 6.08 Å². The van der Waals surface area contributed by atoms with Crippen LogP contribution < -0.4 is 5.32 Å². The van der Waals surface area contributed by atoms with E-state index in [1.165, 1.54) is 283 Å². The van der Waals surface area contributed by atoms with Gasteiger partial charge in [0.15, 0.2) is 0 Å². The lowest BCUT2D eigenvalue weighted by Gasteiger charge is -2.21. The molecule has 5 heteroatoms. The van der Waals surface area contributed by atoms with E-state index in [9.17, 15) is 20.1 Å². The Kier molecular flexibility index (Phi) is 60.4. The summed E-state index contributed by atoms with van der Waals surface area (Å²) in [5.41, 5.74) is 0. The predicted octanol–water partition coefficient (Wildman–Crippen LogP) is 20.7. The average Bonchev–Trinajstić information content (AvgIpc) is 3.38. The molecule has 3 unspecified atom stereocenters. The molecule has 0 saturated carbocycles. The highest BCUT2D eigenvalue weighted by Gasteiger charge is 2.20. The van der Waals surface area contributed by atoms with Gasteiger partial charge in [0.1, 0.15) is 0 Å². The number of amides is 1. The second-order valence-corrected chi connectivity index (χ2v) is 22.4. The average molecular weight is 1010 g/mol. The standard InChI is InChI=1S/C67H127NO4/c1-3-5-7-9-11-13-15-17-19-21-23-25-27-29-30-31-32-33-34-35-36-37-38-40-42-44-46-48-50-52-54-56-58-60-64(70)62-67(72)68-65(63-69)66(71)61-59-57-55-53-51-49-47-45-43-41-39-28-26-24-22-20-18-16-14-12-10-8-6-4-2/h27,29,31-32,51,53,59,61,64-66,69-71H,3-26,28,30,33-50,52,54-58,60,62-63H2,1-2H3,(H,68,72)/b29-27-,32-31-,53-51+,61-59+. The number of hydrogen-bond donors (Lipinski definition) is 4. The monoisotopic (exact) mass is 1010 g/mol. The molecule has 0 aromatic carbocycles. The molecule has 0 aliphatic heterocycles. The second-order valence-electron chi connectivity index (χ2n) is 22.4. The van der Waals surface area contributed by atoms with Gasteiger partial charge in [0, 0.05) is 0 Å². The maximum atomic E-state index is 12.6. The van der Waals surface area contributed by atoms with Crippen molar-refractivity contribution in [3.63, 3.8) is 0 Å². The second kappa shape index (κ2) is 61.9. The lowest BCUT2D eigenvalue weighted by Crippen LogP contribution is -2.45. The highest BCUT2D eigenvalue weighted by Crippen LogP contribution is 2.18. The number of unbranched alkanes of at least 4 members (excludes halogenated alkanes) is 45. The van der Waals surface area contributed by atoms with Crippen molar-refractivity contribution in [2.75, 3.05) is 6.61 Å². The van der Waals surface area contributed by atoms with Gasteiger partial charge in [-0.25, -0.2) is 0 Å². The van der Waals surface area contributed by atoms with Crippen LogP contribution in [-0.4, -0.2) is 46.1 Å². The molecule has 0 heterocycles. The summed E-state index contributed by atoms with van der Waals surface area (Å²) >= 11 is 0. The van der Waals surface area contributed by atoms with Gasteiger partial charge in [-0.3, -0.25) is 4.79 Å². The highest BCUT2D eigenvalue weighted by atomic mass is 16.3. The molecular formula is C67H127NO4. The first-order chi connectivity index (χ1) is 35.5. The van der Waals surface area contributed by atoms with Crippen LogP contribution >= 0.6 is 0 Å². The normalized spacial score (nSPS) is 13.5. The number of carbonyl (C=O) groups is 1. The number of aliphatic hydroxyl groups is 3. The SMILES string of the molecule is CCCCCCCCCCCCC/C=C\C/C=C\CCCCCCCCCCCCCCCCCC(O)CC(=O)NC(CO)C(O)/C=C/CC/C=C/CCCCCCCCCCCCCCCCCCCC. The van der Waals surface area contributed by atoms with Crippen molar-refractivity contribution in [2.45, 2.75) is 366 Å². The van der Waals surface area contributed by atoms with Gasteiger partial charge in [-0.05, 0) is 64.2 Å². The van der Waals surface area contributed by atoms with Crippen LogP contribution in [0.2, 0.25) is 0 Å². The number of aliphatic hydroxyl groups excluding tert-OH is 3. The van der Waals surface area contributed by atoms with E-state index in [-0.39, 0.29) is 18.9 Å². The molecular weight excluding hydrogens is 883 g/mol. The summed E-state index contributed by atoms with van der Waals surface area (Å²) in [4.78, 5) is 12.6. The zero-order chi connectivity index (χ0) is 52.2. The molecule has 1 amide bonds. The van der Waals surface area contributed by atoms with Gasteiger partial charge in [-0.2, -0.15) is 0 Å². The van der Waals surface area contributed by atoms with E-state index in [4.69, 9.17) is 0 Å². The number of allylic oxidation sites excluding steroid dienone is 7. The third-order valence-corrected chi connectivity index (χ3v) is 15.1. The molecule has 0 aromatic heterocycles. The number of hydrogen-bond acceptors (Lipinski definition) is 4. The van der Waals surface area contributed by atoms with E-state index in [0.29, 0.717) is 6.42 Å². The third-order valence-electron chi connectivity index (χ3n) is 15.1. The molecule has 3 atom stereocenters. The molecule has 0 aliphatic rings. The molecule has 0 rings (SSSR count). The van der Waals surface area contributed by atoms with Crippen molar-refractivity contribution in [1.29, 1.82) is 0 Å². The summed E-state index contributed by atoms with van der Waals surface area (Å²) in [6.07, 6.45) is 83.4. The van der Waals surface area contributed by atoms with E-state index < -0.39 is 18.2 Å². The molecule has 0 aliphatic carbocycles. The maximum absolute atomic E-state index is 12.6. The molecule has 4 N–H and O–H groups in total. The van der Waals surface area contributed by atoms with Crippen molar-refractivity contribution in [3.05, 3.63) is 48.6 Å². The van der Waals surface area contributed by atoms with Gasteiger partial charge in [0.2, 0.25) is 5.91 Å². The molecule has 0 bridgehead atoms. The van der Waals surface area contributed by atoms with Crippen molar-refractivity contribution >= 4 is 5.91 Å². The maximum Gasteiger partial charge on any atom is 0.222 e. The van der Waals surface area contributed by atoms with E-state index >= 15 is 0 Å². The summed E-state index contributed by atoms with van der Waals surface area (Å²) in [6.45, 7) is 4.24. The van der Waals surface area contributed by atoms with Crippen LogP contribution in [0.15, 0.2) is 48.6 Å². The number of rotatable bonds is 60. The lowest BCUT2D eigenvalue weighted by atomic mass is 10.0. The van der Waals surface area contributed by atoms with E-state index in [2.05, 4.69) is 55.6 Å². The van der Waals surface area contributed by atoms with Crippen LogP contribution in [0.3, 0.4) is 0 Å². The van der Waals surface area contributed by atoms with Crippen molar-refractivity contribution in [2.24, 2.45) is 0 Å². The Morgan fingerprint density at radius 1 is 0.361 bits per heavy atom. The topological polar surface area (TPSA) is 89.8 Å². The first-order valence-corrected chi connectivity index (χ1v) is 32.4. The summed E-state index contributed by atoms with van der Waals surface area (Å²) in [7, 11) is 0. The van der Waals surface area contributed by atoms with Gasteiger partial charge in [-0.15, -0.1) is 0 Å². The molecule has 0 saturated heterocycles. The minimum atomic E-state index is -0.954. The molecule has 0 aromatic rings. The molecule has 0 spiro atoms. The highest BCUT2D eigenvalue weighted by molar-refractivity contribution is 5.76. The first-order valence-electron chi connectivity index (χ1n) is 32.4. The fraction of sp³-hybridized carbons (Fsp3) is 0.866. The molecule has 0 fully saturated rings. The lowest BCUT2D eigenvalue weighted by molar-refractivity contribution is -0.124. The fourth-order valence-electron chi connectivity index (χ4n) is 10.2. The Bertz CT molecular complexity index is 1160. The minimum absolute atomic E-state index is 0.00655. The van der Waals surface area contributed by atoms with Crippen LogP contribution in [0.4, 0.5) is 0 Å². The van der Waals surface area contributed by atoms with Gasteiger partial charge < -0.3 is 20.6 Å². The number of carbonyl (C=O) groups excluding carboxylic acids is 1. The van der Waals surface area contributed by atoms with Crippen LogP contribution in [0.1, 0.15) is 348 Å². The Morgan fingerprint density at radius 2 is 0.639 bits per heavy atom. The summed E-state index contributed by atoms with van der Waals surface area (Å²) < 4.78 is 0. The Morgan fingerprint density at radius 3 is 0.972 bits per heavy atom. The van der Waals surface area contributed by atoms with Crippen molar-refractivity contribution in [1.82, 2.24) is 5.32 Å². The molecule has 5 nitrogen and oxygen atoms in total. The zero-order valence-corrected chi connectivity index (χ0v) is 48.6. The summed E-state index contributed by atoms with van der Waals surface area (Å²) in [5, 5.41) is 33.5. The van der Waals surface area contributed by atoms with Gasteiger partial charge >= 0.3 is 0 Å². The van der Waals surface area contributed by atoms with Crippen LogP contribution in [0.25, 0.3) is 0 Å². The number of nitrogens with one attached hydrogen (secondary N) is 1. The molecule has 72 heavy (non-hydrogen) atoms.